The minimum Gasteiger partial charge on any atom is -0.356 e. The lowest BCUT2D eigenvalue weighted by Gasteiger charge is -2.17. The summed E-state index contributed by atoms with van der Waals surface area (Å²) in [5.41, 5.74) is 3.18. The molecule has 0 N–H and O–H groups in total. The Morgan fingerprint density at radius 2 is 1.77 bits per heavy atom. The molecule has 6 nitrogen and oxygen atoms in total. The number of pyridine rings is 1. The van der Waals surface area contributed by atoms with Crippen LogP contribution in [0.1, 0.15) is 54.0 Å². The monoisotopic (exact) mass is 368 g/mol. The first-order valence-electron chi connectivity index (χ1n) is 9.22. The first-order valence-corrected chi connectivity index (χ1v) is 9.60. The van der Waals surface area contributed by atoms with E-state index in [9.17, 15) is 0 Å². The molecular formula is C19H21ClN6. The van der Waals surface area contributed by atoms with E-state index in [-0.39, 0.29) is 11.8 Å². The Kier molecular flexibility index (Phi) is 3.64. The van der Waals surface area contributed by atoms with Gasteiger partial charge >= 0.3 is 0 Å². The number of fused-ring (bicyclic) bond motifs is 1. The van der Waals surface area contributed by atoms with Crippen LogP contribution in [0.2, 0.25) is 5.15 Å². The summed E-state index contributed by atoms with van der Waals surface area (Å²) in [6.45, 7) is 6.22. The van der Waals surface area contributed by atoms with Crippen molar-refractivity contribution < 1.29 is 0 Å². The van der Waals surface area contributed by atoms with Crippen LogP contribution < -0.4 is 4.90 Å². The number of hydrogen-bond acceptors (Lipinski definition) is 5. The van der Waals surface area contributed by atoms with Crippen molar-refractivity contribution in [1.29, 1.82) is 0 Å². The van der Waals surface area contributed by atoms with Gasteiger partial charge in [-0.3, -0.25) is 0 Å². The maximum absolute atomic E-state index is 6.29. The second kappa shape index (κ2) is 5.91. The molecule has 2 fully saturated rings. The summed E-state index contributed by atoms with van der Waals surface area (Å²) in [6, 6.07) is 6.05. The Bertz CT molecular complexity index is 952. The van der Waals surface area contributed by atoms with Crippen LogP contribution in [0.4, 0.5) is 5.82 Å². The molecule has 7 heteroatoms. The van der Waals surface area contributed by atoms with Gasteiger partial charge in [-0.25, -0.2) is 19.5 Å². The Labute approximate surface area is 157 Å². The molecule has 2 atom stereocenters. The fourth-order valence-corrected chi connectivity index (χ4v) is 4.02. The van der Waals surface area contributed by atoms with Crippen molar-refractivity contribution >= 4 is 23.1 Å². The molecule has 3 aromatic rings. The smallest absolute Gasteiger partial charge is 0.158 e. The van der Waals surface area contributed by atoms with Crippen molar-refractivity contribution in [2.24, 2.45) is 0 Å². The van der Waals surface area contributed by atoms with E-state index in [1.807, 2.05) is 10.6 Å². The van der Waals surface area contributed by atoms with E-state index in [0.29, 0.717) is 5.15 Å². The predicted molar refractivity (Wildman–Crippen MR) is 101 cm³/mol. The average molecular weight is 369 g/mol. The molecule has 1 aliphatic heterocycles. The topological polar surface area (TPSA) is 59.2 Å². The fourth-order valence-electron chi connectivity index (χ4n) is 3.84. The standard InChI is InChI=1S/C19H21ClN6/c1-11-5-6-12(2)26-19(11)23-18(24-26)14-9-13(14)17-21-15(20)10-16(22-17)25-7-3-4-8-25/h5-6,10,13-14H,3-4,7-9H2,1-2H3. The molecule has 0 spiro atoms. The van der Waals surface area contributed by atoms with Gasteiger partial charge in [0.25, 0.3) is 0 Å². The molecule has 134 valence electrons. The maximum atomic E-state index is 6.29. The van der Waals surface area contributed by atoms with Gasteiger partial charge in [0.2, 0.25) is 0 Å². The molecule has 1 saturated carbocycles. The molecule has 2 unspecified atom stereocenters. The molecule has 0 radical (unpaired) electrons. The number of aryl methyl sites for hydroxylation is 2. The quantitative estimate of drug-likeness (QED) is 0.660. The van der Waals surface area contributed by atoms with Crippen LogP contribution in [0.25, 0.3) is 5.65 Å². The predicted octanol–water partition coefficient (Wildman–Crippen LogP) is 3.66. The van der Waals surface area contributed by atoms with E-state index in [1.54, 1.807) is 0 Å². The Morgan fingerprint density at radius 1 is 1.00 bits per heavy atom. The highest BCUT2D eigenvalue weighted by Gasteiger charge is 2.45. The van der Waals surface area contributed by atoms with Crippen LogP contribution >= 0.6 is 11.6 Å². The SMILES string of the molecule is Cc1ccc(C)n2nc(C3CC3c3nc(Cl)cc(N4CCCC4)n3)nc12. The number of rotatable bonds is 3. The van der Waals surface area contributed by atoms with Crippen LogP contribution in [0.15, 0.2) is 18.2 Å². The second-order valence-corrected chi connectivity index (χ2v) is 7.80. The normalized spacial score (nSPS) is 22.3. The van der Waals surface area contributed by atoms with Crippen molar-refractivity contribution in [1.82, 2.24) is 24.6 Å². The van der Waals surface area contributed by atoms with E-state index < -0.39 is 0 Å². The van der Waals surface area contributed by atoms with Gasteiger partial charge in [-0.2, -0.15) is 5.10 Å². The summed E-state index contributed by atoms with van der Waals surface area (Å²) >= 11 is 6.29. The highest BCUT2D eigenvalue weighted by Crippen LogP contribution is 2.53. The van der Waals surface area contributed by atoms with Crippen molar-refractivity contribution in [3.8, 4) is 0 Å². The molecule has 1 aliphatic carbocycles. The summed E-state index contributed by atoms with van der Waals surface area (Å²) in [4.78, 5) is 16.4. The zero-order valence-electron chi connectivity index (χ0n) is 15.0. The summed E-state index contributed by atoms with van der Waals surface area (Å²) in [5.74, 6) is 3.21. The van der Waals surface area contributed by atoms with Crippen molar-refractivity contribution in [3.05, 3.63) is 46.3 Å². The van der Waals surface area contributed by atoms with Crippen molar-refractivity contribution in [2.75, 3.05) is 18.0 Å². The minimum absolute atomic E-state index is 0.257. The highest BCUT2D eigenvalue weighted by atomic mass is 35.5. The van der Waals surface area contributed by atoms with Gasteiger partial charge in [0.1, 0.15) is 16.8 Å². The summed E-state index contributed by atoms with van der Waals surface area (Å²) in [5, 5.41) is 5.26. The molecule has 1 saturated heterocycles. The van der Waals surface area contributed by atoms with Crippen LogP contribution in [0.5, 0.6) is 0 Å². The van der Waals surface area contributed by atoms with Gasteiger partial charge in [-0.15, -0.1) is 0 Å². The first kappa shape index (κ1) is 16.0. The lowest BCUT2D eigenvalue weighted by Crippen LogP contribution is -2.19. The van der Waals surface area contributed by atoms with Gasteiger partial charge < -0.3 is 4.90 Å². The lowest BCUT2D eigenvalue weighted by molar-refractivity contribution is 0.813. The van der Waals surface area contributed by atoms with Crippen LogP contribution in [0.3, 0.4) is 0 Å². The zero-order chi connectivity index (χ0) is 17.8. The fraction of sp³-hybridized carbons (Fsp3) is 0.474. The third-order valence-electron chi connectivity index (χ3n) is 5.47. The highest BCUT2D eigenvalue weighted by molar-refractivity contribution is 6.29. The van der Waals surface area contributed by atoms with Crippen molar-refractivity contribution in [3.63, 3.8) is 0 Å². The number of aromatic nitrogens is 5. The summed E-state index contributed by atoms with van der Waals surface area (Å²) < 4.78 is 1.94. The van der Waals surface area contributed by atoms with Crippen LogP contribution in [-0.2, 0) is 0 Å². The van der Waals surface area contributed by atoms with Gasteiger partial charge in [-0.1, -0.05) is 17.7 Å². The number of anilines is 1. The van der Waals surface area contributed by atoms with E-state index in [4.69, 9.17) is 26.7 Å². The molecular weight excluding hydrogens is 348 g/mol. The van der Waals surface area contributed by atoms with Gasteiger partial charge in [-0.05, 0) is 44.7 Å². The molecule has 0 bridgehead atoms. The minimum atomic E-state index is 0.257. The number of halogens is 1. The summed E-state index contributed by atoms with van der Waals surface area (Å²) in [6.07, 6.45) is 3.41. The first-order chi connectivity index (χ1) is 12.6. The van der Waals surface area contributed by atoms with E-state index in [0.717, 1.165) is 53.9 Å². The molecule has 2 aliphatic rings. The Morgan fingerprint density at radius 3 is 2.54 bits per heavy atom. The lowest BCUT2D eigenvalue weighted by atomic mass is 10.2. The van der Waals surface area contributed by atoms with Gasteiger partial charge in [0, 0.05) is 36.7 Å². The third-order valence-corrected chi connectivity index (χ3v) is 5.66. The number of hydrogen-bond donors (Lipinski definition) is 0. The Hall–Kier alpha value is -2.21. The molecule has 4 heterocycles. The largest absolute Gasteiger partial charge is 0.356 e. The maximum Gasteiger partial charge on any atom is 0.158 e. The third kappa shape index (κ3) is 2.63. The van der Waals surface area contributed by atoms with E-state index in [2.05, 4.69) is 35.9 Å². The molecule has 0 amide bonds. The molecule has 3 aromatic heterocycles. The zero-order valence-corrected chi connectivity index (χ0v) is 15.7. The summed E-state index contributed by atoms with van der Waals surface area (Å²) in [7, 11) is 0. The average Bonchev–Trinajstić information content (AvgIpc) is 3.06. The van der Waals surface area contributed by atoms with E-state index in [1.165, 1.54) is 12.8 Å². The van der Waals surface area contributed by atoms with Gasteiger partial charge in [0.15, 0.2) is 11.5 Å². The molecule has 0 aromatic carbocycles. The number of nitrogens with zero attached hydrogens (tertiary/aromatic N) is 6. The Balaban J connectivity index is 1.45. The van der Waals surface area contributed by atoms with E-state index >= 15 is 0 Å². The second-order valence-electron chi connectivity index (χ2n) is 7.41. The van der Waals surface area contributed by atoms with Crippen LogP contribution in [0, 0.1) is 13.8 Å². The molecule has 5 rings (SSSR count). The van der Waals surface area contributed by atoms with Gasteiger partial charge in [0.05, 0.1) is 0 Å². The van der Waals surface area contributed by atoms with Crippen molar-refractivity contribution in [2.45, 2.75) is 44.9 Å². The van der Waals surface area contributed by atoms with Crippen LogP contribution in [-0.4, -0.2) is 37.7 Å². The molecule has 26 heavy (non-hydrogen) atoms.